The Bertz CT molecular complexity index is 742. The van der Waals surface area contributed by atoms with Crippen LogP contribution < -0.4 is 5.32 Å². The number of piperidine rings is 1. The highest BCUT2D eigenvalue weighted by molar-refractivity contribution is 6.21. The van der Waals surface area contributed by atoms with Crippen LogP contribution in [0.3, 0.4) is 0 Å². The van der Waals surface area contributed by atoms with E-state index < -0.39 is 0 Å². The number of amides is 4. The third-order valence-corrected chi connectivity index (χ3v) is 5.40. The van der Waals surface area contributed by atoms with Gasteiger partial charge < -0.3 is 10.2 Å². The van der Waals surface area contributed by atoms with Crippen molar-refractivity contribution >= 4 is 23.6 Å². The molecule has 0 radical (unpaired) electrons. The van der Waals surface area contributed by atoms with Gasteiger partial charge in [0.25, 0.3) is 11.8 Å². The zero-order valence-corrected chi connectivity index (χ0v) is 16.3. The molecule has 0 spiro atoms. The Kier molecular flexibility index (Phi) is 6.44. The number of unbranched alkanes of at least 4 members (excludes halogenated alkanes) is 1. The molecule has 2 aliphatic heterocycles. The van der Waals surface area contributed by atoms with Crippen molar-refractivity contribution in [2.24, 2.45) is 5.92 Å². The summed E-state index contributed by atoms with van der Waals surface area (Å²) < 4.78 is 0. The number of carbonyl (C=O) groups is 4. The van der Waals surface area contributed by atoms with Crippen LogP contribution in [0.5, 0.6) is 0 Å². The predicted octanol–water partition coefficient (Wildman–Crippen LogP) is 1.83. The smallest absolute Gasteiger partial charge is 0.261 e. The number of nitrogens with zero attached hydrogens (tertiary/aromatic N) is 2. The zero-order chi connectivity index (χ0) is 20.1. The molecule has 7 nitrogen and oxygen atoms in total. The van der Waals surface area contributed by atoms with Crippen molar-refractivity contribution in [3.8, 4) is 0 Å². The fourth-order valence-corrected chi connectivity index (χ4v) is 3.76. The topological polar surface area (TPSA) is 86.8 Å². The zero-order valence-electron chi connectivity index (χ0n) is 16.3. The lowest BCUT2D eigenvalue weighted by molar-refractivity contribution is -0.135. The van der Waals surface area contributed by atoms with Gasteiger partial charge in [0, 0.05) is 32.6 Å². The third-order valence-electron chi connectivity index (χ3n) is 5.40. The molecular weight excluding hydrogens is 358 g/mol. The maximum absolute atomic E-state index is 12.6. The molecule has 0 saturated carbocycles. The molecule has 3 rings (SSSR count). The Morgan fingerprint density at radius 1 is 1.14 bits per heavy atom. The van der Waals surface area contributed by atoms with Crippen molar-refractivity contribution in [2.45, 2.75) is 39.0 Å². The van der Waals surface area contributed by atoms with E-state index in [0.717, 1.165) is 30.6 Å². The minimum atomic E-state index is -0.347. The molecule has 1 saturated heterocycles. The Morgan fingerprint density at radius 2 is 1.82 bits per heavy atom. The lowest BCUT2D eigenvalue weighted by Crippen LogP contribution is -2.46. The van der Waals surface area contributed by atoms with Gasteiger partial charge in [0.1, 0.15) is 0 Å². The van der Waals surface area contributed by atoms with Gasteiger partial charge in [-0.1, -0.05) is 25.5 Å². The van der Waals surface area contributed by atoms with Crippen molar-refractivity contribution in [3.63, 3.8) is 0 Å². The molecular formula is C21H27N3O4. The summed E-state index contributed by atoms with van der Waals surface area (Å²) in [6.45, 7) is 3.81. The molecule has 150 valence electrons. The van der Waals surface area contributed by atoms with Gasteiger partial charge in [-0.05, 0) is 31.4 Å². The first-order valence-electron chi connectivity index (χ1n) is 10.0. The second kappa shape index (κ2) is 8.99. The Hall–Kier alpha value is -2.70. The highest BCUT2D eigenvalue weighted by Gasteiger charge is 2.36. The number of benzene rings is 1. The molecule has 1 fully saturated rings. The van der Waals surface area contributed by atoms with Crippen LogP contribution in [0.2, 0.25) is 0 Å². The largest absolute Gasteiger partial charge is 0.356 e. The molecule has 1 aromatic carbocycles. The van der Waals surface area contributed by atoms with E-state index in [1.165, 1.54) is 0 Å². The molecule has 0 aliphatic carbocycles. The highest BCUT2D eigenvalue weighted by atomic mass is 16.2. The molecule has 2 aliphatic rings. The number of carbonyl (C=O) groups excluding carboxylic acids is 4. The summed E-state index contributed by atoms with van der Waals surface area (Å²) in [7, 11) is 0. The van der Waals surface area contributed by atoms with Gasteiger partial charge in [0.2, 0.25) is 11.8 Å². The van der Waals surface area contributed by atoms with Gasteiger partial charge in [-0.15, -0.1) is 0 Å². The first kappa shape index (κ1) is 20.0. The first-order valence-corrected chi connectivity index (χ1v) is 10.0. The van der Waals surface area contributed by atoms with Gasteiger partial charge in [-0.3, -0.25) is 24.1 Å². The summed E-state index contributed by atoms with van der Waals surface area (Å²) in [5.74, 6) is -0.997. The quantitative estimate of drug-likeness (QED) is 0.573. The fourth-order valence-electron chi connectivity index (χ4n) is 3.76. The van der Waals surface area contributed by atoms with E-state index in [1.807, 2.05) is 0 Å². The van der Waals surface area contributed by atoms with Crippen LogP contribution in [0.25, 0.3) is 0 Å². The summed E-state index contributed by atoms with van der Waals surface area (Å²) in [6.07, 6.45) is 3.61. The molecule has 28 heavy (non-hydrogen) atoms. The van der Waals surface area contributed by atoms with Crippen LogP contribution in [0, 0.1) is 5.92 Å². The van der Waals surface area contributed by atoms with E-state index in [4.69, 9.17) is 0 Å². The predicted molar refractivity (Wildman–Crippen MR) is 104 cm³/mol. The van der Waals surface area contributed by atoms with E-state index in [2.05, 4.69) is 12.2 Å². The molecule has 1 N–H and O–H groups in total. The van der Waals surface area contributed by atoms with Crippen LogP contribution in [0.15, 0.2) is 24.3 Å². The monoisotopic (exact) mass is 385 g/mol. The lowest BCUT2D eigenvalue weighted by Gasteiger charge is -2.32. The van der Waals surface area contributed by atoms with Crippen LogP contribution in [-0.2, 0) is 9.59 Å². The van der Waals surface area contributed by atoms with Crippen LogP contribution >= 0.6 is 0 Å². The van der Waals surface area contributed by atoms with Crippen LogP contribution in [0.4, 0.5) is 0 Å². The molecule has 1 aromatic rings. The summed E-state index contributed by atoms with van der Waals surface area (Å²) in [4.78, 5) is 52.5. The number of hydrogen-bond donors (Lipinski definition) is 1. The number of fused-ring (bicyclic) bond motifs is 1. The van der Waals surface area contributed by atoms with Crippen molar-refractivity contribution in [3.05, 3.63) is 35.4 Å². The third kappa shape index (κ3) is 4.24. The molecule has 1 atom stereocenters. The van der Waals surface area contributed by atoms with Crippen molar-refractivity contribution in [1.82, 2.24) is 15.1 Å². The summed E-state index contributed by atoms with van der Waals surface area (Å²) in [5.41, 5.74) is 0.781. The summed E-state index contributed by atoms with van der Waals surface area (Å²) >= 11 is 0. The number of nitrogens with one attached hydrogen (secondary N) is 1. The number of hydrogen-bond acceptors (Lipinski definition) is 4. The fraction of sp³-hybridized carbons (Fsp3) is 0.524. The molecule has 1 unspecified atom stereocenters. The second-order valence-electron chi connectivity index (χ2n) is 7.38. The van der Waals surface area contributed by atoms with E-state index in [1.54, 1.807) is 29.2 Å². The second-order valence-corrected chi connectivity index (χ2v) is 7.38. The number of imide groups is 1. The molecule has 0 bridgehead atoms. The highest BCUT2D eigenvalue weighted by Crippen LogP contribution is 2.23. The average Bonchev–Trinajstić information content (AvgIpc) is 2.97. The van der Waals surface area contributed by atoms with E-state index in [0.29, 0.717) is 30.8 Å². The maximum Gasteiger partial charge on any atom is 0.261 e. The van der Waals surface area contributed by atoms with Crippen LogP contribution in [-0.4, -0.2) is 59.6 Å². The SMILES string of the molecule is CCCCNC(=O)C1CCCN(C(=O)CCN2C(=O)c3ccccc3C2=O)C1. The Morgan fingerprint density at radius 3 is 2.46 bits per heavy atom. The van der Waals surface area contributed by atoms with Crippen LogP contribution in [0.1, 0.15) is 59.7 Å². The number of likely N-dealkylation sites (tertiary alicyclic amines) is 1. The molecule has 7 heteroatoms. The van der Waals surface area contributed by atoms with Crippen molar-refractivity contribution in [2.75, 3.05) is 26.2 Å². The van der Waals surface area contributed by atoms with Crippen molar-refractivity contribution in [1.29, 1.82) is 0 Å². The number of rotatable bonds is 7. The normalized spacial score (nSPS) is 19.0. The Balaban J connectivity index is 1.52. The van der Waals surface area contributed by atoms with E-state index in [-0.39, 0.29) is 42.5 Å². The summed E-state index contributed by atoms with van der Waals surface area (Å²) in [6, 6.07) is 6.70. The maximum atomic E-state index is 12.6. The van der Waals surface area contributed by atoms with E-state index in [9.17, 15) is 19.2 Å². The minimum Gasteiger partial charge on any atom is -0.356 e. The minimum absolute atomic E-state index is 0.00583. The van der Waals surface area contributed by atoms with Gasteiger partial charge in [-0.25, -0.2) is 0 Å². The lowest BCUT2D eigenvalue weighted by atomic mass is 9.96. The first-order chi connectivity index (χ1) is 13.5. The molecule has 0 aromatic heterocycles. The van der Waals surface area contributed by atoms with E-state index >= 15 is 0 Å². The van der Waals surface area contributed by atoms with Gasteiger partial charge in [0.05, 0.1) is 17.0 Å². The Labute approximate surface area is 165 Å². The van der Waals surface area contributed by atoms with Gasteiger partial charge in [-0.2, -0.15) is 0 Å². The van der Waals surface area contributed by atoms with Gasteiger partial charge >= 0.3 is 0 Å². The molecule has 2 heterocycles. The average molecular weight is 385 g/mol. The van der Waals surface area contributed by atoms with Crippen molar-refractivity contribution < 1.29 is 19.2 Å². The summed E-state index contributed by atoms with van der Waals surface area (Å²) in [5, 5.41) is 2.94. The standard InChI is InChI=1S/C21H27N3O4/c1-2-3-11-22-19(26)15-7-6-12-23(14-15)18(25)10-13-24-20(27)16-8-4-5-9-17(16)21(24)28/h4-5,8-9,15H,2-3,6-7,10-14H2,1H3,(H,22,26). The van der Waals surface area contributed by atoms with Gasteiger partial charge in [0.15, 0.2) is 0 Å². The molecule has 4 amide bonds.